The van der Waals surface area contributed by atoms with E-state index in [9.17, 15) is 14.3 Å². The van der Waals surface area contributed by atoms with Crippen LogP contribution in [-0.2, 0) is 4.79 Å². The summed E-state index contributed by atoms with van der Waals surface area (Å²) in [4.78, 5) is 10.5. The van der Waals surface area contributed by atoms with Crippen LogP contribution < -0.4 is 0 Å². The number of alkyl halides is 1. The molecular weight excluding hydrogens is 319 g/mol. The standard InChI is InChI=1S/C21H31FO3/c1-2-3-4-8-17(22)10-11-18-19-13-15(7-5-6-9-21(24)25)12-16(19)14-20(18)23/h7,16-20,23H,2-6,8-9,12-14H2,1H3,(H,24,25)/b15-7-/t16-,17+,18+,19-,20+/m1/s1. The average Bonchev–Trinajstić information content (AvgIpc) is 3.06. The number of hydrogen-bond acceptors (Lipinski definition) is 2. The zero-order valence-electron chi connectivity index (χ0n) is 15.2. The summed E-state index contributed by atoms with van der Waals surface area (Å²) in [6.07, 6.45) is 8.45. The Kier molecular flexibility index (Phi) is 7.96. The number of halogens is 1. The van der Waals surface area contributed by atoms with Crippen LogP contribution in [0.4, 0.5) is 4.39 Å². The van der Waals surface area contributed by atoms with Gasteiger partial charge in [-0.25, -0.2) is 4.39 Å². The van der Waals surface area contributed by atoms with Gasteiger partial charge >= 0.3 is 5.97 Å². The molecule has 2 rings (SSSR count). The second kappa shape index (κ2) is 9.97. The monoisotopic (exact) mass is 350 g/mol. The second-order valence-corrected chi connectivity index (χ2v) is 7.56. The molecule has 3 nitrogen and oxygen atoms in total. The zero-order chi connectivity index (χ0) is 18.2. The predicted molar refractivity (Wildman–Crippen MR) is 96.7 cm³/mol. The molecule has 0 aromatic rings. The summed E-state index contributed by atoms with van der Waals surface area (Å²) < 4.78 is 13.9. The molecular formula is C21H31FO3. The smallest absolute Gasteiger partial charge is 0.303 e. The number of aliphatic hydroxyl groups is 1. The van der Waals surface area contributed by atoms with Gasteiger partial charge in [0.1, 0.15) is 0 Å². The third-order valence-corrected chi connectivity index (χ3v) is 5.54. The van der Waals surface area contributed by atoms with E-state index in [0.29, 0.717) is 24.7 Å². The van der Waals surface area contributed by atoms with Crippen molar-refractivity contribution < 1.29 is 19.4 Å². The molecule has 0 radical (unpaired) electrons. The molecule has 0 heterocycles. The first-order valence-electron chi connectivity index (χ1n) is 9.74. The Bertz CT molecular complexity index is 531. The number of rotatable bonds is 8. The van der Waals surface area contributed by atoms with Gasteiger partial charge in [0.15, 0.2) is 6.17 Å². The van der Waals surface area contributed by atoms with Crippen molar-refractivity contribution >= 4 is 5.97 Å². The normalized spacial score (nSPS) is 30.8. The molecule has 0 unspecified atom stereocenters. The highest BCUT2D eigenvalue weighted by atomic mass is 19.1. The lowest BCUT2D eigenvalue weighted by atomic mass is 9.91. The van der Waals surface area contributed by atoms with E-state index < -0.39 is 18.2 Å². The number of unbranched alkanes of at least 4 members (excludes halogenated alkanes) is 3. The Morgan fingerprint density at radius 2 is 2.16 bits per heavy atom. The second-order valence-electron chi connectivity index (χ2n) is 7.56. The van der Waals surface area contributed by atoms with Gasteiger partial charge in [0.2, 0.25) is 0 Å². The van der Waals surface area contributed by atoms with Crippen molar-refractivity contribution in [2.24, 2.45) is 17.8 Å². The SMILES string of the molecule is CCCCC[C@H](F)C#C[C@H]1[C@@H]2C/C(=C\CCCC(=O)O)C[C@@H]2C[C@@H]1O. The van der Waals surface area contributed by atoms with Crippen molar-refractivity contribution in [3.63, 3.8) is 0 Å². The highest BCUT2D eigenvalue weighted by Crippen LogP contribution is 2.49. The summed E-state index contributed by atoms with van der Waals surface area (Å²) >= 11 is 0. The molecule has 0 aliphatic heterocycles. The Morgan fingerprint density at radius 1 is 1.36 bits per heavy atom. The molecule has 0 amide bonds. The van der Waals surface area contributed by atoms with Crippen molar-refractivity contribution in [2.45, 2.75) is 83.4 Å². The van der Waals surface area contributed by atoms with E-state index in [1.165, 1.54) is 5.57 Å². The van der Waals surface area contributed by atoms with Crippen LogP contribution in [0.15, 0.2) is 11.6 Å². The summed E-state index contributed by atoms with van der Waals surface area (Å²) in [5.74, 6) is 5.71. The summed E-state index contributed by atoms with van der Waals surface area (Å²) in [6.45, 7) is 2.10. The number of allylic oxidation sites excluding steroid dienone is 2. The van der Waals surface area contributed by atoms with Crippen molar-refractivity contribution in [3.8, 4) is 11.8 Å². The van der Waals surface area contributed by atoms with Gasteiger partial charge in [-0.15, -0.1) is 0 Å². The van der Waals surface area contributed by atoms with Crippen LogP contribution in [0.25, 0.3) is 0 Å². The van der Waals surface area contributed by atoms with Gasteiger partial charge in [-0.2, -0.15) is 0 Å². The van der Waals surface area contributed by atoms with E-state index >= 15 is 0 Å². The maximum absolute atomic E-state index is 13.9. The third kappa shape index (κ3) is 6.15. The van der Waals surface area contributed by atoms with E-state index in [2.05, 4.69) is 24.8 Å². The zero-order valence-corrected chi connectivity index (χ0v) is 15.2. The molecule has 2 saturated carbocycles. The molecule has 2 N–H and O–H groups in total. The molecule has 0 spiro atoms. The van der Waals surface area contributed by atoms with Crippen LogP contribution in [-0.4, -0.2) is 28.5 Å². The minimum Gasteiger partial charge on any atom is -0.481 e. The van der Waals surface area contributed by atoms with Gasteiger partial charge in [-0.3, -0.25) is 4.79 Å². The topological polar surface area (TPSA) is 57.5 Å². The number of aliphatic hydroxyl groups excluding tert-OH is 1. The van der Waals surface area contributed by atoms with E-state index in [-0.39, 0.29) is 12.3 Å². The molecule has 2 aliphatic carbocycles. The molecule has 2 aliphatic rings. The van der Waals surface area contributed by atoms with Gasteiger partial charge in [-0.1, -0.05) is 43.3 Å². The van der Waals surface area contributed by atoms with Crippen molar-refractivity contribution in [1.82, 2.24) is 0 Å². The van der Waals surface area contributed by atoms with Gasteiger partial charge in [0.25, 0.3) is 0 Å². The number of fused-ring (bicyclic) bond motifs is 1. The van der Waals surface area contributed by atoms with Crippen LogP contribution >= 0.6 is 0 Å². The maximum Gasteiger partial charge on any atom is 0.303 e. The van der Waals surface area contributed by atoms with Crippen LogP contribution in [0.3, 0.4) is 0 Å². The predicted octanol–water partition coefficient (Wildman–Crippen LogP) is 4.50. The fraction of sp³-hybridized carbons (Fsp3) is 0.762. The largest absolute Gasteiger partial charge is 0.481 e. The van der Waals surface area contributed by atoms with Crippen LogP contribution in [0.5, 0.6) is 0 Å². The Labute approximate surface area is 150 Å². The molecule has 0 bridgehead atoms. The summed E-state index contributed by atoms with van der Waals surface area (Å²) in [5.41, 5.74) is 1.36. The molecule has 2 fully saturated rings. The molecule has 0 aromatic carbocycles. The van der Waals surface area contributed by atoms with Crippen molar-refractivity contribution in [3.05, 3.63) is 11.6 Å². The van der Waals surface area contributed by atoms with E-state index in [4.69, 9.17) is 5.11 Å². The number of carbonyl (C=O) groups is 1. The first-order valence-corrected chi connectivity index (χ1v) is 9.74. The highest BCUT2D eigenvalue weighted by Gasteiger charge is 2.45. The van der Waals surface area contributed by atoms with E-state index in [0.717, 1.165) is 44.9 Å². The Balaban J connectivity index is 1.85. The minimum atomic E-state index is -1.08. The molecule has 5 atom stereocenters. The fourth-order valence-electron chi connectivity index (χ4n) is 4.22. The van der Waals surface area contributed by atoms with Gasteiger partial charge in [0.05, 0.1) is 6.10 Å². The molecule has 25 heavy (non-hydrogen) atoms. The van der Waals surface area contributed by atoms with Crippen LogP contribution in [0.2, 0.25) is 0 Å². The van der Waals surface area contributed by atoms with Gasteiger partial charge in [-0.05, 0) is 56.8 Å². The first kappa shape index (κ1) is 20.0. The Morgan fingerprint density at radius 3 is 2.88 bits per heavy atom. The van der Waals surface area contributed by atoms with Crippen LogP contribution in [0.1, 0.15) is 71.1 Å². The molecule has 0 saturated heterocycles. The summed E-state index contributed by atoms with van der Waals surface area (Å²) in [6, 6.07) is 0. The van der Waals surface area contributed by atoms with Crippen molar-refractivity contribution in [1.29, 1.82) is 0 Å². The number of hydrogen-bond donors (Lipinski definition) is 2. The van der Waals surface area contributed by atoms with Gasteiger partial charge in [0, 0.05) is 12.3 Å². The van der Waals surface area contributed by atoms with E-state index in [1.807, 2.05) is 0 Å². The van der Waals surface area contributed by atoms with Crippen LogP contribution in [0, 0.1) is 29.6 Å². The summed E-state index contributed by atoms with van der Waals surface area (Å²) in [7, 11) is 0. The van der Waals surface area contributed by atoms with Crippen molar-refractivity contribution in [2.75, 3.05) is 0 Å². The summed E-state index contributed by atoms with van der Waals surface area (Å²) in [5, 5.41) is 19.0. The third-order valence-electron chi connectivity index (χ3n) is 5.54. The lowest BCUT2D eigenvalue weighted by Gasteiger charge is -2.14. The number of aliphatic carboxylic acids is 1. The molecule has 0 aromatic heterocycles. The Hall–Kier alpha value is -1.34. The molecule has 140 valence electrons. The average molecular weight is 350 g/mol. The molecule has 4 heteroatoms. The quantitative estimate of drug-likeness (QED) is 0.385. The first-order chi connectivity index (χ1) is 12.0. The van der Waals surface area contributed by atoms with E-state index in [1.54, 1.807) is 0 Å². The number of carboxylic acid groups (broad SMARTS) is 1. The highest BCUT2D eigenvalue weighted by molar-refractivity contribution is 5.66. The minimum absolute atomic E-state index is 0.112. The lowest BCUT2D eigenvalue weighted by molar-refractivity contribution is -0.137. The fourth-order valence-corrected chi connectivity index (χ4v) is 4.22. The maximum atomic E-state index is 13.9. The van der Waals surface area contributed by atoms with Gasteiger partial charge < -0.3 is 10.2 Å². The lowest BCUT2D eigenvalue weighted by Crippen LogP contribution is -2.17. The number of carboxylic acids is 1.